The Hall–Kier alpha value is -3.14. The van der Waals surface area contributed by atoms with E-state index in [9.17, 15) is 4.79 Å². The van der Waals surface area contributed by atoms with E-state index in [0.717, 1.165) is 36.7 Å². The van der Waals surface area contributed by atoms with Crippen LogP contribution in [-0.4, -0.2) is 24.0 Å². The Morgan fingerprint density at radius 3 is 2.28 bits per heavy atom. The van der Waals surface area contributed by atoms with E-state index in [1.807, 2.05) is 42.6 Å². The molecule has 29 heavy (non-hydrogen) atoms. The van der Waals surface area contributed by atoms with E-state index in [1.165, 1.54) is 18.4 Å². The number of hydrogen-bond acceptors (Lipinski definition) is 3. The van der Waals surface area contributed by atoms with Crippen molar-refractivity contribution in [1.82, 2.24) is 10.3 Å². The molecule has 0 saturated carbocycles. The van der Waals surface area contributed by atoms with Crippen LogP contribution in [0.2, 0.25) is 0 Å². The minimum absolute atomic E-state index is 0.0813. The molecule has 0 radical (unpaired) electrons. The molecule has 1 fully saturated rings. The largest absolute Gasteiger partial charge is 0.370 e. The fraction of sp³-hybridized carbons (Fsp3) is 0.280. The quantitative estimate of drug-likeness (QED) is 0.681. The first kappa shape index (κ1) is 19.2. The summed E-state index contributed by atoms with van der Waals surface area (Å²) in [6.07, 6.45) is 6.99. The Bertz CT molecular complexity index is 919. The predicted octanol–water partition coefficient (Wildman–Crippen LogP) is 4.47. The van der Waals surface area contributed by atoms with Gasteiger partial charge in [-0.1, -0.05) is 60.7 Å². The summed E-state index contributed by atoms with van der Waals surface area (Å²) in [6.45, 7) is 2.54. The highest BCUT2D eigenvalue weighted by Gasteiger charge is 2.20. The van der Waals surface area contributed by atoms with Gasteiger partial charge in [-0.25, -0.2) is 0 Å². The number of nitrogens with one attached hydrogen (secondary N) is 1. The molecule has 0 spiro atoms. The standard InChI is InChI=1S/C25H27N3O/c29-25(27-17-22-9-5-2-6-10-22)23-16-24(19-26-18-23)28-13-11-21(12-14-28)15-20-7-3-1-4-8-20/h1-10,16,18-19,21H,11-15,17H2,(H,27,29). The molecule has 0 atom stereocenters. The molecule has 0 bridgehead atoms. The minimum atomic E-state index is -0.0813. The maximum Gasteiger partial charge on any atom is 0.253 e. The van der Waals surface area contributed by atoms with Gasteiger partial charge in [0.05, 0.1) is 17.4 Å². The lowest BCUT2D eigenvalue weighted by Crippen LogP contribution is -2.34. The normalized spacial score (nSPS) is 14.6. The van der Waals surface area contributed by atoms with Crippen LogP contribution in [0, 0.1) is 5.92 Å². The maximum absolute atomic E-state index is 12.5. The van der Waals surface area contributed by atoms with E-state index in [1.54, 1.807) is 6.20 Å². The minimum Gasteiger partial charge on any atom is -0.370 e. The number of benzene rings is 2. The van der Waals surface area contributed by atoms with Gasteiger partial charge >= 0.3 is 0 Å². The zero-order valence-electron chi connectivity index (χ0n) is 16.6. The number of hydrogen-bond donors (Lipinski definition) is 1. The zero-order valence-corrected chi connectivity index (χ0v) is 16.6. The van der Waals surface area contributed by atoms with Crippen molar-refractivity contribution in [3.63, 3.8) is 0 Å². The van der Waals surface area contributed by atoms with Gasteiger partial charge in [-0.15, -0.1) is 0 Å². The molecular formula is C25H27N3O. The molecule has 2 heterocycles. The van der Waals surface area contributed by atoms with Crippen LogP contribution >= 0.6 is 0 Å². The third-order valence-electron chi connectivity index (χ3n) is 5.63. The number of carbonyl (C=O) groups is 1. The summed E-state index contributed by atoms with van der Waals surface area (Å²) in [5, 5.41) is 2.98. The lowest BCUT2D eigenvalue weighted by Gasteiger charge is -2.33. The molecule has 148 valence electrons. The molecule has 3 aromatic rings. The lowest BCUT2D eigenvalue weighted by atomic mass is 9.90. The second-order valence-electron chi connectivity index (χ2n) is 7.72. The molecule has 1 N–H and O–H groups in total. The van der Waals surface area contributed by atoms with Crippen LogP contribution < -0.4 is 10.2 Å². The van der Waals surface area contributed by atoms with Crippen LogP contribution in [0.3, 0.4) is 0 Å². The second kappa shape index (κ2) is 9.37. The molecule has 4 rings (SSSR count). The van der Waals surface area contributed by atoms with Crippen molar-refractivity contribution < 1.29 is 4.79 Å². The summed E-state index contributed by atoms with van der Waals surface area (Å²) in [5.41, 5.74) is 4.16. The van der Waals surface area contributed by atoms with Crippen LogP contribution in [0.5, 0.6) is 0 Å². The molecule has 4 nitrogen and oxygen atoms in total. The highest BCUT2D eigenvalue weighted by molar-refractivity contribution is 5.94. The molecule has 4 heteroatoms. The first-order valence-electron chi connectivity index (χ1n) is 10.3. The van der Waals surface area contributed by atoms with E-state index in [4.69, 9.17) is 0 Å². The third kappa shape index (κ3) is 5.23. The van der Waals surface area contributed by atoms with E-state index >= 15 is 0 Å². The average molecular weight is 386 g/mol. The zero-order chi connectivity index (χ0) is 19.9. The molecule has 2 aromatic carbocycles. The number of amides is 1. The van der Waals surface area contributed by atoms with Crippen LogP contribution in [0.1, 0.15) is 34.3 Å². The predicted molar refractivity (Wildman–Crippen MR) is 117 cm³/mol. The Morgan fingerprint density at radius 1 is 0.931 bits per heavy atom. The molecule has 1 amide bonds. The number of carbonyl (C=O) groups excluding carboxylic acids is 1. The smallest absolute Gasteiger partial charge is 0.253 e. The van der Waals surface area contributed by atoms with Crippen molar-refractivity contribution in [1.29, 1.82) is 0 Å². The van der Waals surface area contributed by atoms with Gasteiger partial charge in [-0.2, -0.15) is 0 Å². The van der Waals surface area contributed by atoms with Crippen molar-refractivity contribution in [3.8, 4) is 0 Å². The number of pyridine rings is 1. The summed E-state index contributed by atoms with van der Waals surface area (Å²) in [6, 6.07) is 22.6. The fourth-order valence-electron chi connectivity index (χ4n) is 3.95. The first-order chi connectivity index (χ1) is 14.3. The molecule has 0 unspecified atom stereocenters. The van der Waals surface area contributed by atoms with Crippen LogP contribution in [0.4, 0.5) is 5.69 Å². The Balaban J connectivity index is 1.32. The monoisotopic (exact) mass is 385 g/mol. The first-order valence-corrected chi connectivity index (χ1v) is 10.3. The van der Waals surface area contributed by atoms with Gasteiger partial charge < -0.3 is 10.2 Å². The van der Waals surface area contributed by atoms with Gasteiger partial charge in [0.2, 0.25) is 0 Å². The molecular weight excluding hydrogens is 358 g/mol. The number of rotatable bonds is 6. The van der Waals surface area contributed by atoms with Crippen LogP contribution in [-0.2, 0) is 13.0 Å². The Morgan fingerprint density at radius 2 is 1.59 bits per heavy atom. The van der Waals surface area contributed by atoms with E-state index in [0.29, 0.717) is 12.1 Å². The maximum atomic E-state index is 12.5. The highest BCUT2D eigenvalue weighted by atomic mass is 16.1. The van der Waals surface area contributed by atoms with Crippen LogP contribution in [0.15, 0.2) is 79.1 Å². The van der Waals surface area contributed by atoms with Crippen molar-refractivity contribution >= 4 is 11.6 Å². The SMILES string of the molecule is O=C(NCc1ccccc1)c1cncc(N2CCC(Cc3ccccc3)CC2)c1. The molecule has 0 aliphatic carbocycles. The van der Waals surface area contributed by atoms with Crippen molar-refractivity contribution in [2.75, 3.05) is 18.0 Å². The van der Waals surface area contributed by atoms with E-state index in [2.05, 4.69) is 45.5 Å². The van der Waals surface area contributed by atoms with Crippen LogP contribution in [0.25, 0.3) is 0 Å². The Kier molecular flexibility index (Phi) is 6.20. The van der Waals surface area contributed by atoms with Gasteiger partial charge in [0.15, 0.2) is 0 Å². The fourth-order valence-corrected chi connectivity index (χ4v) is 3.95. The topological polar surface area (TPSA) is 45.2 Å². The van der Waals surface area contributed by atoms with E-state index < -0.39 is 0 Å². The van der Waals surface area contributed by atoms with Gasteiger partial charge in [0.25, 0.3) is 5.91 Å². The van der Waals surface area contributed by atoms with Gasteiger partial charge in [-0.05, 0) is 42.4 Å². The van der Waals surface area contributed by atoms with Crippen molar-refractivity contribution in [2.24, 2.45) is 5.92 Å². The molecule has 1 aliphatic heterocycles. The van der Waals surface area contributed by atoms with Crippen molar-refractivity contribution in [3.05, 3.63) is 95.8 Å². The number of piperidine rings is 1. The number of anilines is 1. The molecule has 1 saturated heterocycles. The summed E-state index contributed by atoms with van der Waals surface area (Å²) in [4.78, 5) is 19.2. The molecule has 1 aromatic heterocycles. The summed E-state index contributed by atoms with van der Waals surface area (Å²) >= 11 is 0. The Labute approximate surface area is 172 Å². The lowest BCUT2D eigenvalue weighted by molar-refractivity contribution is 0.0950. The summed E-state index contributed by atoms with van der Waals surface area (Å²) in [7, 11) is 0. The average Bonchev–Trinajstić information content (AvgIpc) is 2.79. The summed E-state index contributed by atoms with van der Waals surface area (Å²) in [5.74, 6) is 0.640. The van der Waals surface area contributed by atoms with Crippen molar-refractivity contribution in [2.45, 2.75) is 25.8 Å². The van der Waals surface area contributed by atoms with E-state index in [-0.39, 0.29) is 5.91 Å². The highest BCUT2D eigenvalue weighted by Crippen LogP contribution is 2.25. The second-order valence-corrected chi connectivity index (χ2v) is 7.72. The summed E-state index contributed by atoms with van der Waals surface area (Å²) < 4.78 is 0. The van der Waals surface area contributed by atoms with Gasteiger partial charge in [0.1, 0.15) is 0 Å². The number of nitrogens with zero attached hydrogens (tertiary/aromatic N) is 2. The number of aromatic nitrogens is 1. The molecule has 1 aliphatic rings. The van der Waals surface area contributed by atoms with Gasteiger partial charge in [-0.3, -0.25) is 9.78 Å². The van der Waals surface area contributed by atoms with Gasteiger partial charge in [0, 0.05) is 25.8 Å². The third-order valence-corrected chi connectivity index (χ3v) is 5.63.